The quantitative estimate of drug-likeness (QED) is 0.405. The summed E-state index contributed by atoms with van der Waals surface area (Å²) in [6.45, 7) is 7.47. The zero-order valence-electron chi connectivity index (χ0n) is 8.44. The molecule has 0 aromatic rings. The fourth-order valence-electron chi connectivity index (χ4n) is 0.537. The van der Waals surface area contributed by atoms with Crippen LogP contribution in [0.1, 0.15) is 20.8 Å². The second-order valence-electron chi connectivity index (χ2n) is 2.87. The maximum Gasteiger partial charge on any atom is 0.337 e. The van der Waals surface area contributed by atoms with Crippen molar-refractivity contribution in [1.82, 2.24) is 0 Å². The Morgan fingerprint density at radius 2 is 1.79 bits per heavy atom. The topological polar surface area (TPSA) is 72.8 Å². The predicted octanol–water partition coefficient (Wildman–Crippen LogP) is 0.376. The molecule has 0 bridgehead atoms. The number of rotatable bonds is 4. The number of aliphatic hydroxyl groups excluding tert-OH is 1. The summed E-state index contributed by atoms with van der Waals surface area (Å²) in [4.78, 5) is 21.7. The summed E-state index contributed by atoms with van der Waals surface area (Å²) in [5.74, 6) is -1.48. The largest absolute Gasteiger partial charge is 0.424 e. The highest BCUT2D eigenvalue weighted by Gasteiger charge is 2.17. The van der Waals surface area contributed by atoms with Crippen molar-refractivity contribution in [3.63, 3.8) is 0 Å². The maximum atomic E-state index is 10.9. The lowest BCUT2D eigenvalue weighted by molar-refractivity contribution is -0.187. The zero-order valence-corrected chi connectivity index (χ0v) is 8.44. The standard InChI is InChI=1S/C9H14O5/c1-5(2)8(11)13-7(4)14-9(12)6(3)10/h6-7,10H,1H2,2-4H3. The molecule has 0 fully saturated rings. The molecule has 5 nitrogen and oxygen atoms in total. The van der Waals surface area contributed by atoms with Gasteiger partial charge >= 0.3 is 11.9 Å². The van der Waals surface area contributed by atoms with E-state index in [4.69, 9.17) is 5.11 Å². The summed E-state index contributed by atoms with van der Waals surface area (Å²) in [5.41, 5.74) is 0.213. The van der Waals surface area contributed by atoms with Crippen LogP contribution in [-0.2, 0) is 19.1 Å². The van der Waals surface area contributed by atoms with Crippen LogP contribution in [-0.4, -0.2) is 29.4 Å². The molecule has 0 aliphatic rings. The molecular formula is C9H14O5. The molecule has 0 radical (unpaired) electrons. The van der Waals surface area contributed by atoms with E-state index in [0.29, 0.717) is 0 Å². The predicted molar refractivity (Wildman–Crippen MR) is 48.1 cm³/mol. The van der Waals surface area contributed by atoms with E-state index >= 15 is 0 Å². The Labute approximate surface area is 82.3 Å². The Bertz CT molecular complexity index is 244. The summed E-state index contributed by atoms with van der Waals surface area (Å²) in [6, 6.07) is 0. The van der Waals surface area contributed by atoms with Crippen LogP contribution in [0.2, 0.25) is 0 Å². The number of hydrogen-bond acceptors (Lipinski definition) is 5. The van der Waals surface area contributed by atoms with Crippen LogP contribution >= 0.6 is 0 Å². The molecule has 0 heterocycles. The van der Waals surface area contributed by atoms with E-state index in [2.05, 4.69) is 16.1 Å². The lowest BCUT2D eigenvalue weighted by Crippen LogP contribution is -2.27. The van der Waals surface area contributed by atoms with E-state index in [1.54, 1.807) is 0 Å². The van der Waals surface area contributed by atoms with Gasteiger partial charge in [0.15, 0.2) is 0 Å². The first kappa shape index (κ1) is 12.6. The van der Waals surface area contributed by atoms with Crippen LogP contribution in [0.4, 0.5) is 0 Å². The molecule has 0 saturated carbocycles. The van der Waals surface area contributed by atoms with Gasteiger partial charge in [0.2, 0.25) is 6.29 Å². The minimum Gasteiger partial charge on any atom is -0.424 e. The van der Waals surface area contributed by atoms with Gasteiger partial charge in [-0.1, -0.05) is 6.58 Å². The van der Waals surface area contributed by atoms with Gasteiger partial charge in [-0.15, -0.1) is 0 Å². The molecule has 0 aromatic heterocycles. The smallest absolute Gasteiger partial charge is 0.337 e. The average molecular weight is 202 g/mol. The zero-order chi connectivity index (χ0) is 11.3. The molecule has 2 atom stereocenters. The first-order valence-electron chi connectivity index (χ1n) is 4.09. The summed E-state index contributed by atoms with van der Waals surface area (Å²) in [7, 11) is 0. The monoisotopic (exact) mass is 202 g/mol. The van der Waals surface area contributed by atoms with E-state index in [9.17, 15) is 9.59 Å². The molecule has 0 aliphatic heterocycles. The molecule has 0 rings (SSSR count). The minimum atomic E-state index is -1.24. The van der Waals surface area contributed by atoms with Crippen molar-refractivity contribution in [1.29, 1.82) is 0 Å². The van der Waals surface area contributed by atoms with Gasteiger partial charge in [-0.05, 0) is 13.8 Å². The summed E-state index contributed by atoms with van der Waals surface area (Å²) in [5, 5.41) is 8.78. The minimum absolute atomic E-state index is 0.213. The summed E-state index contributed by atoms with van der Waals surface area (Å²) < 4.78 is 9.20. The molecule has 80 valence electrons. The third kappa shape index (κ3) is 4.61. The second kappa shape index (κ2) is 5.39. The fraction of sp³-hybridized carbons (Fsp3) is 0.556. The lowest BCUT2D eigenvalue weighted by atomic mass is 10.4. The van der Waals surface area contributed by atoms with E-state index in [1.807, 2.05) is 0 Å². The Kier molecular flexibility index (Phi) is 4.86. The van der Waals surface area contributed by atoms with Crippen molar-refractivity contribution in [2.75, 3.05) is 0 Å². The van der Waals surface area contributed by atoms with E-state index < -0.39 is 24.3 Å². The molecule has 1 N–H and O–H groups in total. The number of hydrogen-bond donors (Lipinski definition) is 1. The normalized spacial score (nSPS) is 14.0. The van der Waals surface area contributed by atoms with Crippen molar-refractivity contribution >= 4 is 11.9 Å². The number of carbonyl (C=O) groups excluding carboxylic acids is 2. The highest BCUT2D eigenvalue weighted by molar-refractivity contribution is 5.87. The second-order valence-corrected chi connectivity index (χ2v) is 2.87. The van der Waals surface area contributed by atoms with E-state index in [0.717, 1.165) is 0 Å². The number of ether oxygens (including phenoxy) is 2. The van der Waals surface area contributed by atoms with Crippen molar-refractivity contribution < 1.29 is 24.2 Å². The van der Waals surface area contributed by atoms with Crippen LogP contribution in [0, 0.1) is 0 Å². The maximum absolute atomic E-state index is 10.9. The molecule has 0 aromatic carbocycles. The van der Waals surface area contributed by atoms with E-state index in [1.165, 1.54) is 20.8 Å². The Morgan fingerprint density at radius 3 is 2.14 bits per heavy atom. The van der Waals surface area contributed by atoms with Crippen molar-refractivity contribution in [3.8, 4) is 0 Å². The Morgan fingerprint density at radius 1 is 1.29 bits per heavy atom. The molecular weight excluding hydrogens is 188 g/mol. The third-order valence-electron chi connectivity index (χ3n) is 1.24. The number of esters is 2. The molecule has 0 amide bonds. The van der Waals surface area contributed by atoms with Crippen LogP contribution in [0.3, 0.4) is 0 Å². The number of aliphatic hydroxyl groups is 1. The van der Waals surface area contributed by atoms with Gasteiger partial charge in [0.1, 0.15) is 6.10 Å². The Balaban J connectivity index is 3.99. The molecule has 0 spiro atoms. The van der Waals surface area contributed by atoms with Gasteiger partial charge in [0.25, 0.3) is 0 Å². The Hall–Kier alpha value is -1.36. The fourth-order valence-corrected chi connectivity index (χ4v) is 0.537. The highest BCUT2D eigenvalue weighted by atomic mass is 16.7. The first-order valence-corrected chi connectivity index (χ1v) is 4.09. The average Bonchev–Trinajstić information content (AvgIpc) is 2.03. The third-order valence-corrected chi connectivity index (χ3v) is 1.24. The van der Waals surface area contributed by atoms with Crippen LogP contribution < -0.4 is 0 Å². The van der Waals surface area contributed by atoms with Gasteiger partial charge < -0.3 is 14.6 Å². The van der Waals surface area contributed by atoms with Crippen LogP contribution in [0.15, 0.2) is 12.2 Å². The van der Waals surface area contributed by atoms with Crippen LogP contribution in [0.25, 0.3) is 0 Å². The molecule has 0 saturated heterocycles. The van der Waals surface area contributed by atoms with Crippen molar-refractivity contribution in [2.24, 2.45) is 0 Å². The summed E-state index contributed by atoms with van der Waals surface area (Å²) >= 11 is 0. The SMILES string of the molecule is C=C(C)C(=O)OC(C)OC(=O)C(C)O. The van der Waals surface area contributed by atoms with Crippen LogP contribution in [0.5, 0.6) is 0 Å². The van der Waals surface area contributed by atoms with E-state index in [-0.39, 0.29) is 5.57 Å². The molecule has 2 unspecified atom stereocenters. The van der Waals surface area contributed by atoms with Gasteiger partial charge in [0.05, 0.1) is 0 Å². The number of carbonyl (C=O) groups is 2. The van der Waals surface area contributed by atoms with Gasteiger partial charge in [0, 0.05) is 12.5 Å². The van der Waals surface area contributed by atoms with Crippen molar-refractivity contribution in [3.05, 3.63) is 12.2 Å². The summed E-state index contributed by atoms with van der Waals surface area (Å²) in [6.07, 6.45) is -2.26. The lowest BCUT2D eigenvalue weighted by Gasteiger charge is -2.14. The molecule has 0 aliphatic carbocycles. The van der Waals surface area contributed by atoms with Gasteiger partial charge in [-0.25, -0.2) is 9.59 Å². The first-order chi connectivity index (χ1) is 6.34. The molecule has 5 heteroatoms. The van der Waals surface area contributed by atoms with Gasteiger partial charge in [-0.3, -0.25) is 0 Å². The highest BCUT2D eigenvalue weighted by Crippen LogP contribution is 2.01. The van der Waals surface area contributed by atoms with Gasteiger partial charge in [-0.2, -0.15) is 0 Å². The molecule has 14 heavy (non-hydrogen) atoms. The van der Waals surface area contributed by atoms with Crippen molar-refractivity contribution in [2.45, 2.75) is 33.2 Å².